The molecule has 1 heterocycles. The van der Waals surface area contributed by atoms with E-state index in [0.29, 0.717) is 6.42 Å². The number of nitrogens with zero attached hydrogens (tertiary/aromatic N) is 1. The first-order chi connectivity index (χ1) is 13.7. The van der Waals surface area contributed by atoms with Gasteiger partial charge in [-0.05, 0) is 13.3 Å². The molecule has 0 bridgehead atoms. The maximum Gasteiger partial charge on any atom is 0.330 e. The van der Waals surface area contributed by atoms with E-state index in [9.17, 15) is 28.8 Å². The van der Waals surface area contributed by atoms with E-state index in [1.54, 1.807) is 6.92 Å². The van der Waals surface area contributed by atoms with Gasteiger partial charge in [0.2, 0.25) is 11.8 Å². The Labute approximate surface area is 168 Å². The number of rotatable bonds is 11. The van der Waals surface area contributed by atoms with E-state index >= 15 is 0 Å². The molecule has 1 rings (SSSR count). The Morgan fingerprint density at radius 3 is 2.14 bits per heavy atom. The average molecular weight is 414 g/mol. The molecule has 11 nitrogen and oxygen atoms in total. The van der Waals surface area contributed by atoms with Crippen molar-refractivity contribution in [1.82, 2.24) is 10.2 Å². The van der Waals surface area contributed by atoms with Crippen LogP contribution in [0.25, 0.3) is 0 Å². The number of hydrogen-bond donors (Lipinski definition) is 1. The van der Waals surface area contributed by atoms with Crippen molar-refractivity contribution in [1.29, 1.82) is 0 Å². The van der Waals surface area contributed by atoms with E-state index in [-0.39, 0.29) is 51.1 Å². The Balaban J connectivity index is 2.18. The fourth-order valence-corrected chi connectivity index (χ4v) is 2.14. The summed E-state index contributed by atoms with van der Waals surface area (Å²) in [4.78, 5) is 70.2. The minimum absolute atomic E-state index is 0.0633. The molecule has 0 aromatic heterocycles. The summed E-state index contributed by atoms with van der Waals surface area (Å²) in [6.07, 6.45) is 0.168. The SMILES string of the molecule is CCC(C)C(=O)OCCOC(=O)CCC(=O)OCCN1C(=O)NC(=O)C(C)C1=O. The molecular weight excluding hydrogens is 388 g/mol. The van der Waals surface area contributed by atoms with E-state index in [4.69, 9.17) is 14.2 Å². The lowest BCUT2D eigenvalue weighted by Gasteiger charge is -2.28. The Morgan fingerprint density at radius 1 is 1.00 bits per heavy atom. The molecule has 1 aliphatic heterocycles. The first-order valence-electron chi connectivity index (χ1n) is 9.31. The predicted molar refractivity (Wildman–Crippen MR) is 96.0 cm³/mol. The van der Waals surface area contributed by atoms with Crippen molar-refractivity contribution in [3.8, 4) is 0 Å². The Morgan fingerprint density at radius 2 is 1.55 bits per heavy atom. The molecule has 0 aliphatic carbocycles. The zero-order chi connectivity index (χ0) is 22.0. The van der Waals surface area contributed by atoms with Gasteiger partial charge in [0.15, 0.2) is 0 Å². The largest absolute Gasteiger partial charge is 0.464 e. The van der Waals surface area contributed by atoms with Gasteiger partial charge in [-0.1, -0.05) is 13.8 Å². The molecule has 0 aromatic carbocycles. The van der Waals surface area contributed by atoms with Crippen LogP contribution in [0, 0.1) is 11.8 Å². The first-order valence-corrected chi connectivity index (χ1v) is 9.31. The molecule has 1 saturated heterocycles. The number of hydrogen-bond acceptors (Lipinski definition) is 9. The number of esters is 3. The Bertz CT molecular complexity index is 662. The summed E-state index contributed by atoms with van der Waals surface area (Å²) in [7, 11) is 0. The monoisotopic (exact) mass is 414 g/mol. The molecule has 29 heavy (non-hydrogen) atoms. The minimum atomic E-state index is -0.998. The molecule has 4 amide bonds. The zero-order valence-electron chi connectivity index (χ0n) is 16.7. The highest BCUT2D eigenvalue weighted by Crippen LogP contribution is 2.09. The first kappa shape index (κ1) is 24.1. The number of amides is 4. The van der Waals surface area contributed by atoms with Gasteiger partial charge in [0.05, 0.1) is 25.3 Å². The van der Waals surface area contributed by atoms with Gasteiger partial charge >= 0.3 is 23.9 Å². The molecule has 1 aliphatic rings. The van der Waals surface area contributed by atoms with E-state index < -0.39 is 35.7 Å². The fraction of sp³-hybridized carbons (Fsp3) is 0.667. The second-order valence-electron chi connectivity index (χ2n) is 6.42. The van der Waals surface area contributed by atoms with Crippen molar-refractivity contribution >= 4 is 35.8 Å². The third kappa shape index (κ3) is 7.88. The van der Waals surface area contributed by atoms with Gasteiger partial charge < -0.3 is 14.2 Å². The maximum absolute atomic E-state index is 11.9. The highest BCUT2D eigenvalue weighted by molar-refractivity contribution is 6.15. The molecule has 1 N–H and O–H groups in total. The van der Waals surface area contributed by atoms with Crippen LogP contribution in [0.5, 0.6) is 0 Å². The van der Waals surface area contributed by atoms with E-state index in [2.05, 4.69) is 0 Å². The summed E-state index contributed by atoms with van der Waals surface area (Å²) in [6, 6.07) is -0.869. The summed E-state index contributed by atoms with van der Waals surface area (Å²) in [5, 5.41) is 2.02. The highest BCUT2D eigenvalue weighted by Gasteiger charge is 2.37. The van der Waals surface area contributed by atoms with Crippen LogP contribution < -0.4 is 5.32 Å². The Hall–Kier alpha value is -2.98. The molecule has 2 unspecified atom stereocenters. The summed E-state index contributed by atoms with van der Waals surface area (Å²) in [5.74, 6) is -4.31. The molecule has 11 heteroatoms. The van der Waals surface area contributed by atoms with Crippen LogP contribution in [0.3, 0.4) is 0 Å². The summed E-state index contributed by atoms with van der Waals surface area (Å²) < 4.78 is 14.6. The molecular formula is C18H26N2O9. The van der Waals surface area contributed by atoms with Crippen molar-refractivity contribution < 1.29 is 43.0 Å². The van der Waals surface area contributed by atoms with Crippen LogP contribution in [0.2, 0.25) is 0 Å². The van der Waals surface area contributed by atoms with E-state index in [1.165, 1.54) is 6.92 Å². The Kier molecular flexibility index (Phi) is 9.76. The maximum atomic E-state index is 11.9. The number of carbonyl (C=O) groups excluding carboxylic acids is 6. The summed E-state index contributed by atoms with van der Waals surface area (Å²) >= 11 is 0. The predicted octanol–water partition coefficient (Wildman–Crippen LogP) is 0.157. The lowest BCUT2D eigenvalue weighted by molar-refractivity contribution is -0.156. The highest BCUT2D eigenvalue weighted by atomic mass is 16.6. The fourth-order valence-electron chi connectivity index (χ4n) is 2.14. The summed E-state index contributed by atoms with van der Waals surface area (Å²) in [5.41, 5.74) is 0. The topological polar surface area (TPSA) is 145 Å². The van der Waals surface area contributed by atoms with Gasteiger partial charge in [-0.2, -0.15) is 0 Å². The van der Waals surface area contributed by atoms with Gasteiger partial charge in [0.1, 0.15) is 25.7 Å². The van der Waals surface area contributed by atoms with Crippen molar-refractivity contribution in [3.05, 3.63) is 0 Å². The van der Waals surface area contributed by atoms with Gasteiger partial charge in [0.25, 0.3) is 0 Å². The van der Waals surface area contributed by atoms with Crippen LogP contribution >= 0.6 is 0 Å². The summed E-state index contributed by atoms with van der Waals surface area (Å²) in [6.45, 7) is 4.30. The van der Waals surface area contributed by atoms with Crippen LogP contribution in [-0.2, 0) is 38.2 Å². The van der Waals surface area contributed by atoms with Gasteiger partial charge in [0, 0.05) is 0 Å². The third-order valence-electron chi connectivity index (χ3n) is 4.22. The molecule has 162 valence electrons. The van der Waals surface area contributed by atoms with Crippen molar-refractivity contribution in [3.63, 3.8) is 0 Å². The molecule has 0 radical (unpaired) electrons. The zero-order valence-corrected chi connectivity index (χ0v) is 16.7. The van der Waals surface area contributed by atoms with Gasteiger partial charge in [-0.15, -0.1) is 0 Å². The van der Waals surface area contributed by atoms with E-state index in [1.807, 2.05) is 12.2 Å². The van der Waals surface area contributed by atoms with Crippen LogP contribution in [0.1, 0.15) is 40.0 Å². The average Bonchev–Trinajstić information content (AvgIpc) is 2.69. The molecule has 1 fully saturated rings. The van der Waals surface area contributed by atoms with Crippen LogP contribution in [0.15, 0.2) is 0 Å². The number of barbiturate groups is 1. The van der Waals surface area contributed by atoms with Gasteiger partial charge in [-0.3, -0.25) is 34.2 Å². The van der Waals surface area contributed by atoms with Crippen LogP contribution in [0.4, 0.5) is 4.79 Å². The van der Waals surface area contributed by atoms with Crippen LogP contribution in [-0.4, -0.2) is 67.0 Å². The second-order valence-corrected chi connectivity index (χ2v) is 6.42. The molecule has 2 atom stereocenters. The minimum Gasteiger partial charge on any atom is -0.464 e. The number of urea groups is 1. The lowest BCUT2D eigenvalue weighted by atomic mass is 10.1. The number of ether oxygens (including phenoxy) is 3. The quantitative estimate of drug-likeness (QED) is 0.216. The standard InChI is InChI=1S/C18H26N2O9/c1-4-11(2)17(25)29-10-9-28-14(22)6-5-13(21)27-8-7-20-16(24)12(3)15(23)19-18(20)26/h11-12H,4-10H2,1-3H3,(H,19,23,26). The number of imide groups is 2. The molecule has 0 aromatic rings. The van der Waals surface area contributed by atoms with Crippen molar-refractivity contribution in [2.45, 2.75) is 40.0 Å². The smallest absolute Gasteiger partial charge is 0.330 e. The molecule has 0 spiro atoms. The third-order valence-corrected chi connectivity index (χ3v) is 4.22. The molecule has 0 saturated carbocycles. The van der Waals surface area contributed by atoms with Crippen molar-refractivity contribution in [2.75, 3.05) is 26.4 Å². The van der Waals surface area contributed by atoms with E-state index in [0.717, 1.165) is 4.90 Å². The second kappa shape index (κ2) is 11.8. The van der Waals surface area contributed by atoms with Gasteiger partial charge in [-0.25, -0.2) is 4.79 Å². The number of carbonyl (C=O) groups is 6. The lowest BCUT2D eigenvalue weighted by Crippen LogP contribution is -2.57. The normalized spacial score (nSPS) is 17.4. The van der Waals surface area contributed by atoms with Crippen molar-refractivity contribution in [2.24, 2.45) is 11.8 Å². The number of nitrogens with one attached hydrogen (secondary N) is 1.